The van der Waals surface area contributed by atoms with Crippen molar-refractivity contribution in [2.75, 3.05) is 19.6 Å². The van der Waals surface area contributed by atoms with Crippen LogP contribution in [0.3, 0.4) is 0 Å². The zero-order valence-electron chi connectivity index (χ0n) is 14.8. The van der Waals surface area contributed by atoms with Crippen molar-refractivity contribution in [3.05, 3.63) is 63.9 Å². The summed E-state index contributed by atoms with van der Waals surface area (Å²) in [5, 5.41) is 6.75. The van der Waals surface area contributed by atoms with E-state index in [1.807, 2.05) is 12.1 Å². The quantitative estimate of drug-likeness (QED) is 0.477. The summed E-state index contributed by atoms with van der Waals surface area (Å²) in [6, 6.07) is 12.4. The van der Waals surface area contributed by atoms with E-state index in [2.05, 4.69) is 39.6 Å². The summed E-state index contributed by atoms with van der Waals surface area (Å²) in [5.74, 6) is 0.617. The van der Waals surface area contributed by atoms with Crippen molar-refractivity contribution in [2.45, 2.75) is 26.5 Å². The summed E-state index contributed by atoms with van der Waals surface area (Å²) in [4.78, 5) is 0. The van der Waals surface area contributed by atoms with Gasteiger partial charge in [0.05, 0.1) is 0 Å². The third kappa shape index (κ3) is 9.19. The molecule has 0 bridgehead atoms. The Balaban J connectivity index is 0.00000312. The van der Waals surface area contributed by atoms with Crippen LogP contribution < -0.4 is 15.4 Å². The molecule has 0 aliphatic carbocycles. The molecule has 26 heavy (non-hydrogen) atoms. The molecular weight excluding hydrogens is 442 g/mol. The van der Waals surface area contributed by atoms with E-state index in [4.69, 9.17) is 4.74 Å². The van der Waals surface area contributed by atoms with Gasteiger partial charge in [0, 0.05) is 16.6 Å². The van der Waals surface area contributed by atoms with Crippen molar-refractivity contribution in [3.8, 4) is 5.75 Å². The van der Waals surface area contributed by atoms with E-state index in [0.717, 1.165) is 53.9 Å². The second-order valence-electron chi connectivity index (χ2n) is 5.55. The molecule has 0 saturated heterocycles. The smallest absolute Gasteiger partial charge is 0.124 e. The number of rotatable bonds is 10. The molecule has 0 fully saturated rings. The van der Waals surface area contributed by atoms with Crippen LogP contribution in [-0.2, 0) is 13.2 Å². The fourth-order valence-electron chi connectivity index (χ4n) is 2.31. The molecular formula is C19H26BrCl2FN2O. The minimum atomic E-state index is -0.232. The van der Waals surface area contributed by atoms with Gasteiger partial charge in [0.1, 0.15) is 18.2 Å². The topological polar surface area (TPSA) is 33.3 Å². The highest BCUT2D eigenvalue weighted by Crippen LogP contribution is 2.24. The van der Waals surface area contributed by atoms with Gasteiger partial charge in [0.2, 0.25) is 0 Å². The van der Waals surface area contributed by atoms with Crippen molar-refractivity contribution in [2.24, 2.45) is 0 Å². The highest BCUT2D eigenvalue weighted by Gasteiger charge is 2.05. The van der Waals surface area contributed by atoms with Crippen molar-refractivity contribution >= 4 is 40.7 Å². The van der Waals surface area contributed by atoms with E-state index in [1.165, 1.54) is 12.1 Å². The molecule has 2 aromatic carbocycles. The van der Waals surface area contributed by atoms with E-state index in [9.17, 15) is 4.39 Å². The zero-order chi connectivity index (χ0) is 17.2. The SMILES string of the molecule is CCNCCCNCc1cc(Br)ccc1OCc1ccc(F)cc1.Cl.Cl. The van der Waals surface area contributed by atoms with Crippen LogP contribution in [0.25, 0.3) is 0 Å². The Bertz CT molecular complexity index is 629. The maximum absolute atomic E-state index is 13.0. The Labute approximate surface area is 176 Å². The lowest BCUT2D eigenvalue weighted by Crippen LogP contribution is -2.21. The molecule has 0 heterocycles. The summed E-state index contributed by atoms with van der Waals surface area (Å²) in [7, 11) is 0. The molecule has 0 aliphatic heterocycles. The van der Waals surface area contributed by atoms with Crippen LogP contribution >= 0.6 is 40.7 Å². The molecule has 0 radical (unpaired) electrons. The predicted octanol–water partition coefficient (Wildman–Crippen LogP) is 5.10. The number of benzene rings is 2. The number of halogens is 4. The number of hydrogen-bond acceptors (Lipinski definition) is 3. The van der Waals surface area contributed by atoms with Gasteiger partial charge in [-0.3, -0.25) is 0 Å². The summed E-state index contributed by atoms with van der Waals surface area (Å²) < 4.78 is 19.9. The Hall–Kier alpha value is -0.850. The first-order valence-corrected chi connectivity index (χ1v) is 9.05. The van der Waals surface area contributed by atoms with Crippen molar-refractivity contribution in [1.29, 1.82) is 0 Å². The van der Waals surface area contributed by atoms with E-state index in [1.54, 1.807) is 12.1 Å². The third-order valence-corrected chi connectivity index (χ3v) is 4.10. The molecule has 146 valence electrons. The summed E-state index contributed by atoms with van der Waals surface area (Å²) in [5.41, 5.74) is 2.05. The molecule has 2 aromatic rings. The Morgan fingerprint density at radius 1 is 1.00 bits per heavy atom. The normalized spacial score (nSPS) is 9.96. The van der Waals surface area contributed by atoms with Crippen LogP contribution in [0.5, 0.6) is 5.75 Å². The molecule has 0 aromatic heterocycles. The lowest BCUT2D eigenvalue weighted by atomic mass is 10.2. The maximum atomic E-state index is 13.0. The van der Waals surface area contributed by atoms with Gasteiger partial charge in [-0.25, -0.2) is 4.39 Å². The molecule has 0 spiro atoms. The van der Waals surface area contributed by atoms with E-state index >= 15 is 0 Å². The van der Waals surface area contributed by atoms with Crippen LogP contribution in [0.1, 0.15) is 24.5 Å². The van der Waals surface area contributed by atoms with Crippen LogP contribution in [-0.4, -0.2) is 19.6 Å². The fourth-order valence-corrected chi connectivity index (χ4v) is 2.72. The molecule has 0 saturated carbocycles. The van der Waals surface area contributed by atoms with E-state index in [0.29, 0.717) is 6.61 Å². The van der Waals surface area contributed by atoms with Gasteiger partial charge < -0.3 is 15.4 Å². The number of hydrogen-bond donors (Lipinski definition) is 2. The van der Waals surface area contributed by atoms with Gasteiger partial charge >= 0.3 is 0 Å². The van der Waals surface area contributed by atoms with Gasteiger partial charge in [-0.15, -0.1) is 24.8 Å². The molecule has 2 rings (SSSR count). The zero-order valence-corrected chi connectivity index (χ0v) is 18.0. The summed E-state index contributed by atoms with van der Waals surface area (Å²) >= 11 is 3.51. The molecule has 0 unspecified atom stereocenters. The molecule has 3 nitrogen and oxygen atoms in total. The van der Waals surface area contributed by atoms with Crippen LogP contribution in [0.2, 0.25) is 0 Å². The largest absolute Gasteiger partial charge is 0.489 e. The fraction of sp³-hybridized carbons (Fsp3) is 0.368. The first-order valence-electron chi connectivity index (χ1n) is 8.26. The van der Waals surface area contributed by atoms with Crippen molar-refractivity contribution < 1.29 is 9.13 Å². The van der Waals surface area contributed by atoms with Crippen molar-refractivity contribution in [1.82, 2.24) is 10.6 Å². The monoisotopic (exact) mass is 466 g/mol. The second kappa shape index (κ2) is 14.2. The highest BCUT2D eigenvalue weighted by atomic mass is 79.9. The van der Waals surface area contributed by atoms with Crippen LogP contribution in [0, 0.1) is 5.82 Å². The van der Waals surface area contributed by atoms with Gasteiger partial charge in [-0.2, -0.15) is 0 Å². The standard InChI is InChI=1S/C19H24BrFN2O.2ClH/c1-2-22-10-3-11-23-13-16-12-17(20)6-9-19(16)24-14-15-4-7-18(21)8-5-15;;/h4-9,12,22-23H,2-3,10-11,13-14H2,1H3;2*1H. The molecule has 2 N–H and O–H groups in total. The van der Waals surface area contributed by atoms with Gasteiger partial charge in [0.25, 0.3) is 0 Å². The lowest BCUT2D eigenvalue weighted by Gasteiger charge is -2.13. The average Bonchev–Trinajstić information content (AvgIpc) is 2.58. The molecule has 0 aliphatic rings. The maximum Gasteiger partial charge on any atom is 0.124 e. The summed E-state index contributed by atoms with van der Waals surface area (Å²) in [6.07, 6.45) is 1.09. The minimum Gasteiger partial charge on any atom is -0.489 e. The minimum absolute atomic E-state index is 0. The first-order chi connectivity index (χ1) is 11.7. The van der Waals surface area contributed by atoms with Gasteiger partial charge in [-0.1, -0.05) is 35.0 Å². The highest BCUT2D eigenvalue weighted by molar-refractivity contribution is 9.10. The first kappa shape index (κ1) is 25.1. The van der Waals surface area contributed by atoms with Crippen LogP contribution in [0.4, 0.5) is 4.39 Å². The lowest BCUT2D eigenvalue weighted by molar-refractivity contribution is 0.302. The Morgan fingerprint density at radius 3 is 2.38 bits per heavy atom. The molecule has 0 amide bonds. The van der Waals surface area contributed by atoms with Crippen molar-refractivity contribution in [3.63, 3.8) is 0 Å². The molecule has 7 heteroatoms. The second-order valence-corrected chi connectivity index (χ2v) is 6.47. The van der Waals surface area contributed by atoms with Gasteiger partial charge in [-0.05, 0) is 62.0 Å². The molecule has 0 atom stereocenters. The predicted molar refractivity (Wildman–Crippen MR) is 114 cm³/mol. The number of nitrogens with one attached hydrogen (secondary N) is 2. The van der Waals surface area contributed by atoms with Crippen LogP contribution in [0.15, 0.2) is 46.9 Å². The van der Waals surface area contributed by atoms with E-state index < -0.39 is 0 Å². The van der Waals surface area contributed by atoms with Gasteiger partial charge in [0.15, 0.2) is 0 Å². The number of ether oxygens (including phenoxy) is 1. The Kier molecular flexibility index (Phi) is 13.8. The Morgan fingerprint density at radius 2 is 1.69 bits per heavy atom. The van der Waals surface area contributed by atoms with E-state index in [-0.39, 0.29) is 30.6 Å². The third-order valence-electron chi connectivity index (χ3n) is 3.60. The average molecular weight is 468 g/mol. The summed E-state index contributed by atoms with van der Waals surface area (Å²) in [6.45, 7) is 6.28.